The molecule has 1 amide bonds. The molecule has 2 aliphatic rings. The number of ketones is 1. The first kappa shape index (κ1) is 28.6. The van der Waals surface area contributed by atoms with Crippen molar-refractivity contribution in [2.24, 2.45) is 0 Å². The highest BCUT2D eigenvalue weighted by atomic mass is 32.2. The molecule has 4 heterocycles. The van der Waals surface area contributed by atoms with Gasteiger partial charge in [-0.05, 0) is 44.4 Å². The van der Waals surface area contributed by atoms with E-state index in [9.17, 15) is 22.8 Å². The number of piperazine rings is 1. The molecule has 1 saturated carbocycles. The van der Waals surface area contributed by atoms with Crippen molar-refractivity contribution in [3.05, 3.63) is 46.0 Å². The number of amides is 1. The van der Waals surface area contributed by atoms with E-state index in [1.54, 1.807) is 36.9 Å². The maximum atomic E-state index is 13.4. The Morgan fingerprint density at radius 3 is 2.37 bits per heavy atom. The molecule has 0 bridgehead atoms. The van der Waals surface area contributed by atoms with Crippen LogP contribution in [0.4, 0.5) is 17.5 Å². The second-order valence-electron chi connectivity index (χ2n) is 10.4. The summed E-state index contributed by atoms with van der Waals surface area (Å²) in [5.74, 6) is -0.0120. The van der Waals surface area contributed by atoms with Crippen LogP contribution in [0.2, 0.25) is 0 Å². The molecule has 1 aliphatic carbocycles. The van der Waals surface area contributed by atoms with Gasteiger partial charge in [0.05, 0.1) is 17.4 Å². The molecule has 3 aromatic rings. The minimum atomic E-state index is -3.85. The number of hydrogen-bond donors (Lipinski definition) is 2. The Hall–Kier alpha value is -3.91. The summed E-state index contributed by atoms with van der Waals surface area (Å²) in [6.07, 6.45) is 7.18. The van der Waals surface area contributed by atoms with Gasteiger partial charge in [0.25, 0.3) is 5.56 Å². The zero-order chi connectivity index (χ0) is 29.3. The molecular weight excluding hydrogens is 548 g/mol. The van der Waals surface area contributed by atoms with Gasteiger partial charge in [-0.2, -0.15) is 17.7 Å². The first-order valence-electron chi connectivity index (χ1n) is 13.8. The average molecular weight is 583 g/mol. The highest BCUT2D eigenvalue weighted by Crippen LogP contribution is 2.32. The van der Waals surface area contributed by atoms with E-state index < -0.39 is 16.1 Å². The highest BCUT2D eigenvalue weighted by molar-refractivity contribution is 7.87. The van der Waals surface area contributed by atoms with Gasteiger partial charge in [0.2, 0.25) is 11.9 Å². The van der Waals surface area contributed by atoms with Crippen LogP contribution in [-0.2, 0) is 15.0 Å². The number of hydrogen-bond acceptors (Lipinski definition) is 10. The molecular formula is C27H34N8O5S. The van der Waals surface area contributed by atoms with Crippen LogP contribution in [-0.4, -0.2) is 70.1 Å². The molecule has 5 rings (SSSR count). The van der Waals surface area contributed by atoms with E-state index in [-0.39, 0.29) is 48.4 Å². The summed E-state index contributed by atoms with van der Waals surface area (Å²) in [5.41, 5.74) is 1.80. The molecule has 14 heteroatoms. The summed E-state index contributed by atoms with van der Waals surface area (Å²) in [6.45, 7) is 6.15. The van der Waals surface area contributed by atoms with Gasteiger partial charge in [0, 0.05) is 50.2 Å². The number of pyridine rings is 2. The van der Waals surface area contributed by atoms with Crippen molar-refractivity contribution in [2.45, 2.75) is 58.9 Å². The second-order valence-corrected chi connectivity index (χ2v) is 12.1. The Balaban J connectivity index is 1.33. The monoisotopic (exact) mass is 582 g/mol. The van der Waals surface area contributed by atoms with Crippen LogP contribution in [0.15, 0.2) is 29.3 Å². The van der Waals surface area contributed by atoms with Crippen molar-refractivity contribution in [3.63, 3.8) is 0 Å². The average Bonchev–Trinajstić information content (AvgIpc) is 3.47. The molecule has 2 N–H and O–H groups in total. The van der Waals surface area contributed by atoms with Crippen molar-refractivity contribution in [3.8, 4) is 0 Å². The summed E-state index contributed by atoms with van der Waals surface area (Å²) in [5, 5.41) is 3.78. The predicted molar refractivity (Wildman–Crippen MR) is 155 cm³/mol. The maximum absolute atomic E-state index is 13.4. The molecule has 2 fully saturated rings. The smallest absolute Gasteiger partial charge is 0.303 e. The first-order valence-corrected chi connectivity index (χ1v) is 15.2. The summed E-state index contributed by atoms with van der Waals surface area (Å²) in [7, 11) is -3.85. The predicted octanol–water partition coefficient (Wildman–Crippen LogP) is 2.45. The van der Waals surface area contributed by atoms with Crippen molar-refractivity contribution >= 4 is 50.4 Å². The topological polar surface area (TPSA) is 159 Å². The van der Waals surface area contributed by atoms with Crippen LogP contribution in [0.25, 0.3) is 11.0 Å². The zero-order valence-corrected chi connectivity index (χ0v) is 24.2. The van der Waals surface area contributed by atoms with Crippen molar-refractivity contribution < 1.29 is 18.0 Å². The first-order chi connectivity index (χ1) is 19.6. The number of aryl methyl sites for hydroxylation is 1. The van der Waals surface area contributed by atoms with Gasteiger partial charge in [-0.3, -0.25) is 19.0 Å². The van der Waals surface area contributed by atoms with Gasteiger partial charge in [0.1, 0.15) is 11.5 Å². The molecule has 0 spiro atoms. The van der Waals surface area contributed by atoms with E-state index >= 15 is 0 Å². The minimum Gasteiger partial charge on any atom is -0.368 e. The third-order valence-corrected chi connectivity index (χ3v) is 9.28. The van der Waals surface area contributed by atoms with E-state index in [0.29, 0.717) is 35.5 Å². The van der Waals surface area contributed by atoms with E-state index in [1.807, 2.05) is 11.0 Å². The summed E-state index contributed by atoms with van der Waals surface area (Å²) in [4.78, 5) is 52.9. The van der Waals surface area contributed by atoms with Crippen LogP contribution >= 0.6 is 0 Å². The number of rotatable bonds is 8. The molecule has 0 atom stereocenters. The Bertz CT molecular complexity index is 1640. The van der Waals surface area contributed by atoms with E-state index in [1.165, 1.54) is 11.2 Å². The van der Waals surface area contributed by atoms with Crippen molar-refractivity contribution in [1.29, 1.82) is 0 Å². The van der Waals surface area contributed by atoms with Gasteiger partial charge in [-0.15, -0.1) is 0 Å². The van der Waals surface area contributed by atoms with E-state index in [2.05, 4.69) is 20.0 Å². The van der Waals surface area contributed by atoms with E-state index in [4.69, 9.17) is 4.98 Å². The fraction of sp³-hybridized carbons (Fsp3) is 0.481. The molecule has 0 aromatic carbocycles. The Kier molecular flexibility index (Phi) is 8.04. The fourth-order valence-corrected chi connectivity index (χ4v) is 6.74. The molecule has 218 valence electrons. The molecule has 41 heavy (non-hydrogen) atoms. The van der Waals surface area contributed by atoms with Crippen LogP contribution in [0.1, 0.15) is 67.9 Å². The van der Waals surface area contributed by atoms with Gasteiger partial charge in [-0.25, -0.2) is 14.7 Å². The molecule has 1 aliphatic heterocycles. The third-order valence-electron chi connectivity index (χ3n) is 7.75. The number of carbonyl (C=O) groups excluding carboxylic acids is 2. The quantitative estimate of drug-likeness (QED) is 0.378. The van der Waals surface area contributed by atoms with E-state index in [0.717, 1.165) is 31.4 Å². The third kappa shape index (κ3) is 5.79. The van der Waals surface area contributed by atoms with Gasteiger partial charge < -0.3 is 10.2 Å². The largest absolute Gasteiger partial charge is 0.368 e. The number of nitrogens with zero attached hydrogens (tertiary/aromatic N) is 6. The maximum Gasteiger partial charge on any atom is 0.303 e. The van der Waals surface area contributed by atoms with Crippen LogP contribution in [0.3, 0.4) is 0 Å². The Morgan fingerprint density at radius 1 is 1.05 bits per heavy atom. The van der Waals surface area contributed by atoms with Crippen molar-refractivity contribution in [1.82, 2.24) is 28.5 Å². The Morgan fingerprint density at radius 2 is 1.76 bits per heavy atom. The number of fused-ring (bicyclic) bond motifs is 1. The zero-order valence-electron chi connectivity index (χ0n) is 23.4. The van der Waals surface area contributed by atoms with Crippen LogP contribution in [0, 0.1) is 6.92 Å². The SMILES string of the molecule is CCC(=O)NS(=O)(=O)N1CCN(c2ccc(Nc3ncc4c(C)c(C(C)=O)c(=O)n(C5CCCC5)c4n3)nc2)CC1. The molecule has 3 aromatic heterocycles. The van der Waals surface area contributed by atoms with Crippen molar-refractivity contribution in [2.75, 3.05) is 36.4 Å². The second kappa shape index (κ2) is 11.5. The highest BCUT2D eigenvalue weighted by Gasteiger charge is 2.29. The number of carbonyl (C=O) groups is 2. The lowest BCUT2D eigenvalue weighted by Crippen LogP contribution is -2.53. The lowest BCUT2D eigenvalue weighted by molar-refractivity contribution is -0.119. The summed E-state index contributed by atoms with van der Waals surface area (Å²) < 4.78 is 29.8. The summed E-state index contributed by atoms with van der Waals surface area (Å²) in [6, 6.07) is 3.64. The number of anilines is 3. The number of nitrogens with one attached hydrogen (secondary N) is 2. The lowest BCUT2D eigenvalue weighted by Gasteiger charge is -2.35. The number of Topliss-reactive ketones (excluding diaryl/α,β-unsaturated/α-hetero) is 1. The Labute approximate surface area is 238 Å². The summed E-state index contributed by atoms with van der Waals surface area (Å²) >= 11 is 0. The van der Waals surface area contributed by atoms with Crippen LogP contribution < -0.4 is 20.5 Å². The fourth-order valence-electron chi connectivity index (χ4n) is 5.54. The van der Waals surface area contributed by atoms with Crippen LogP contribution in [0.5, 0.6) is 0 Å². The normalized spacial score (nSPS) is 16.7. The molecule has 13 nitrogen and oxygen atoms in total. The number of aromatic nitrogens is 4. The molecule has 0 unspecified atom stereocenters. The van der Waals surface area contributed by atoms with Gasteiger partial charge in [-0.1, -0.05) is 19.8 Å². The molecule has 1 saturated heterocycles. The minimum absolute atomic E-state index is 0.0118. The van der Waals surface area contributed by atoms with Gasteiger partial charge in [0.15, 0.2) is 5.78 Å². The molecule has 0 radical (unpaired) electrons. The van der Waals surface area contributed by atoms with Gasteiger partial charge >= 0.3 is 10.2 Å². The standard InChI is InChI=1S/C27H34N8O5S/c1-4-23(37)32-41(39,40)34-13-11-33(12-14-34)20-9-10-22(28-15-20)30-27-29-16-21-17(2)24(18(3)36)26(38)35(25(21)31-27)19-7-5-6-8-19/h9-10,15-16,19H,4-8,11-14H2,1-3H3,(H,32,37)(H,28,29,30,31). The lowest BCUT2D eigenvalue weighted by atomic mass is 10.0.